The van der Waals surface area contributed by atoms with E-state index in [1.807, 2.05) is 54.6 Å². The number of hydrogen-bond donors (Lipinski definition) is 2. The fourth-order valence-corrected chi connectivity index (χ4v) is 3.63. The van der Waals surface area contributed by atoms with Gasteiger partial charge in [-0.2, -0.15) is 4.98 Å². The molecule has 4 aromatic rings. The molecule has 0 saturated carbocycles. The van der Waals surface area contributed by atoms with E-state index in [1.54, 1.807) is 11.6 Å². The largest absolute Gasteiger partial charge is 0.395 e. The minimum Gasteiger partial charge on any atom is -0.395 e. The quantitative estimate of drug-likeness (QED) is 0.508. The molecule has 154 valence electrons. The lowest BCUT2D eigenvalue weighted by molar-refractivity contribution is 0.310. The fraction of sp³-hybridized carbons (Fsp3) is 0.227. The number of aromatic nitrogens is 4. The van der Waals surface area contributed by atoms with E-state index in [-0.39, 0.29) is 13.2 Å². The first-order valence-corrected chi connectivity index (χ1v) is 9.67. The van der Waals surface area contributed by atoms with Crippen molar-refractivity contribution in [3.8, 4) is 11.1 Å². The van der Waals surface area contributed by atoms with E-state index in [0.717, 1.165) is 21.3 Å². The van der Waals surface area contributed by atoms with Crippen LogP contribution in [0.4, 0.5) is 5.95 Å². The standard InChI is InChI=1S/C22H23N5O3/c1-25-19-18(20(29)26(2)22(25)30)27(21(24-19)23-12-13-28)14-16-10-6-7-11-17(16)15-8-4-3-5-9-15/h3-11,28H,12-14H2,1-2H3,(H,23,24). The van der Waals surface area contributed by atoms with Gasteiger partial charge in [0.05, 0.1) is 13.2 Å². The summed E-state index contributed by atoms with van der Waals surface area (Å²) in [5.41, 5.74) is 2.93. The highest BCUT2D eigenvalue weighted by molar-refractivity contribution is 5.75. The summed E-state index contributed by atoms with van der Waals surface area (Å²) in [6.07, 6.45) is 0. The summed E-state index contributed by atoms with van der Waals surface area (Å²) in [6.45, 7) is 0.571. The maximum atomic E-state index is 13.0. The van der Waals surface area contributed by atoms with Gasteiger partial charge in [0.15, 0.2) is 11.2 Å². The number of anilines is 1. The van der Waals surface area contributed by atoms with Crippen LogP contribution in [0.1, 0.15) is 5.56 Å². The van der Waals surface area contributed by atoms with Crippen molar-refractivity contribution in [3.63, 3.8) is 0 Å². The number of fused-ring (bicyclic) bond motifs is 1. The highest BCUT2D eigenvalue weighted by atomic mass is 16.3. The lowest BCUT2D eigenvalue weighted by Crippen LogP contribution is -2.37. The Hall–Kier alpha value is -3.65. The second-order valence-electron chi connectivity index (χ2n) is 7.07. The van der Waals surface area contributed by atoms with Gasteiger partial charge in [-0.3, -0.25) is 18.5 Å². The first kappa shape index (κ1) is 19.7. The van der Waals surface area contributed by atoms with Gasteiger partial charge in [0.1, 0.15) is 0 Å². The van der Waals surface area contributed by atoms with Crippen LogP contribution in [0.3, 0.4) is 0 Å². The maximum absolute atomic E-state index is 13.0. The number of aryl methyl sites for hydroxylation is 1. The van der Waals surface area contributed by atoms with Crippen LogP contribution in [0.15, 0.2) is 64.2 Å². The van der Waals surface area contributed by atoms with Gasteiger partial charge in [-0.15, -0.1) is 0 Å². The highest BCUT2D eigenvalue weighted by Crippen LogP contribution is 2.26. The maximum Gasteiger partial charge on any atom is 0.332 e. The van der Waals surface area contributed by atoms with Gasteiger partial charge in [0, 0.05) is 20.6 Å². The zero-order valence-corrected chi connectivity index (χ0v) is 16.9. The van der Waals surface area contributed by atoms with E-state index in [4.69, 9.17) is 0 Å². The topological polar surface area (TPSA) is 94.1 Å². The molecule has 0 aliphatic rings. The van der Waals surface area contributed by atoms with Crippen molar-refractivity contribution < 1.29 is 5.11 Å². The van der Waals surface area contributed by atoms with E-state index in [9.17, 15) is 14.7 Å². The molecule has 2 aromatic carbocycles. The molecule has 0 bridgehead atoms. The summed E-state index contributed by atoms with van der Waals surface area (Å²) in [5.74, 6) is 0.431. The molecule has 0 saturated heterocycles. The summed E-state index contributed by atoms with van der Waals surface area (Å²) >= 11 is 0. The smallest absolute Gasteiger partial charge is 0.332 e. The molecule has 2 N–H and O–H groups in total. The van der Waals surface area contributed by atoms with Crippen molar-refractivity contribution in [2.24, 2.45) is 14.1 Å². The molecule has 8 heteroatoms. The molecule has 0 spiro atoms. The summed E-state index contributed by atoms with van der Waals surface area (Å²) in [7, 11) is 3.05. The molecule has 0 atom stereocenters. The third kappa shape index (κ3) is 3.31. The summed E-state index contributed by atoms with van der Waals surface area (Å²) < 4.78 is 4.22. The zero-order chi connectivity index (χ0) is 21.3. The van der Waals surface area contributed by atoms with Crippen LogP contribution in [0.5, 0.6) is 0 Å². The van der Waals surface area contributed by atoms with Gasteiger partial charge < -0.3 is 10.4 Å². The van der Waals surface area contributed by atoms with Gasteiger partial charge in [0.2, 0.25) is 5.95 Å². The van der Waals surface area contributed by atoms with Gasteiger partial charge >= 0.3 is 5.69 Å². The normalized spacial score (nSPS) is 11.2. The van der Waals surface area contributed by atoms with Gasteiger partial charge in [-0.05, 0) is 16.7 Å². The van der Waals surface area contributed by atoms with Crippen molar-refractivity contribution in [2.45, 2.75) is 6.54 Å². The molecule has 0 unspecified atom stereocenters. The summed E-state index contributed by atoms with van der Waals surface area (Å²) in [5, 5.41) is 12.3. The van der Waals surface area contributed by atoms with Crippen LogP contribution < -0.4 is 16.6 Å². The first-order valence-electron chi connectivity index (χ1n) is 9.67. The van der Waals surface area contributed by atoms with Crippen LogP contribution in [-0.2, 0) is 20.6 Å². The second-order valence-corrected chi connectivity index (χ2v) is 7.07. The minimum absolute atomic E-state index is 0.0826. The summed E-state index contributed by atoms with van der Waals surface area (Å²) in [4.78, 5) is 29.8. The van der Waals surface area contributed by atoms with E-state index in [1.165, 1.54) is 11.6 Å². The van der Waals surface area contributed by atoms with Crippen molar-refractivity contribution in [2.75, 3.05) is 18.5 Å². The molecule has 0 fully saturated rings. The number of benzene rings is 2. The van der Waals surface area contributed by atoms with Crippen molar-refractivity contribution >= 4 is 17.1 Å². The van der Waals surface area contributed by atoms with Crippen LogP contribution in [0, 0.1) is 0 Å². The number of nitrogens with one attached hydrogen (secondary N) is 1. The molecule has 0 amide bonds. The molecule has 2 aromatic heterocycles. The lowest BCUT2D eigenvalue weighted by Gasteiger charge is -2.14. The predicted molar refractivity (Wildman–Crippen MR) is 117 cm³/mol. The minimum atomic E-state index is -0.435. The van der Waals surface area contributed by atoms with E-state index < -0.39 is 11.2 Å². The van der Waals surface area contributed by atoms with Crippen LogP contribution >= 0.6 is 0 Å². The second kappa shape index (κ2) is 8.00. The molecule has 30 heavy (non-hydrogen) atoms. The zero-order valence-electron chi connectivity index (χ0n) is 16.9. The lowest BCUT2D eigenvalue weighted by atomic mass is 10.00. The van der Waals surface area contributed by atoms with Crippen molar-refractivity contribution in [1.29, 1.82) is 0 Å². The van der Waals surface area contributed by atoms with Crippen molar-refractivity contribution in [1.82, 2.24) is 18.7 Å². The van der Waals surface area contributed by atoms with Crippen LogP contribution in [0.2, 0.25) is 0 Å². The third-order valence-electron chi connectivity index (χ3n) is 5.17. The molecule has 0 aliphatic carbocycles. The van der Waals surface area contributed by atoms with Gasteiger partial charge in [-0.25, -0.2) is 4.79 Å². The number of aliphatic hydroxyl groups is 1. The third-order valence-corrected chi connectivity index (χ3v) is 5.17. The first-order chi connectivity index (χ1) is 14.5. The molecule has 8 nitrogen and oxygen atoms in total. The average Bonchev–Trinajstić information content (AvgIpc) is 3.14. The number of hydrogen-bond acceptors (Lipinski definition) is 5. The average molecular weight is 405 g/mol. The Morgan fingerprint density at radius 2 is 1.67 bits per heavy atom. The number of imidazole rings is 1. The SMILES string of the molecule is Cn1c(=O)c2c(nc(NCCO)n2Cc2ccccc2-c2ccccc2)n(C)c1=O. The Balaban J connectivity index is 1.94. The monoisotopic (exact) mass is 405 g/mol. The van der Waals surface area contributed by atoms with Crippen LogP contribution in [-0.4, -0.2) is 36.9 Å². The molecule has 4 rings (SSSR count). The summed E-state index contributed by atoms with van der Waals surface area (Å²) in [6, 6.07) is 18.0. The Bertz CT molecular complexity index is 1320. The molecule has 0 aliphatic heterocycles. The van der Waals surface area contributed by atoms with E-state index in [0.29, 0.717) is 23.7 Å². The molecular weight excluding hydrogens is 382 g/mol. The highest BCUT2D eigenvalue weighted by Gasteiger charge is 2.20. The molecule has 2 heterocycles. The molecular formula is C22H23N5O3. The predicted octanol–water partition coefficient (Wildman–Crippen LogP) is 1.55. The number of rotatable bonds is 6. The Kier molecular flexibility index (Phi) is 5.24. The van der Waals surface area contributed by atoms with Gasteiger partial charge in [0.25, 0.3) is 5.56 Å². The number of aliphatic hydroxyl groups excluding tert-OH is 1. The fourth-order valence-electron chi connectivity index (χ4n) is 3.63. The van der Waals surface area contributed by atoms with Crippen LogP contribution in [0.25, 0.3) is 22.3 Å². The van der Waals surface area contributed by atoms with E-state index in [2.05, 4.69) is 10.3 Å². The Morgan fingerprint density at radius 1 is 0.967 bits per heavy atom. The molecule has 0 radical (unpaired) electrons. The number of nitrogens with zero attached hydrogens (tertiary/aromatic N) is 4. The van der Waals surface area contributed by atoms with Crippen molar-refractivity contribution in [3.05, 3.63) is 81.0 Å². The Morgan fingerprint density at radius 3 is 2.40 bits per heavy atom. The van der Waals surface area contributed by atoms with E-state index >= 15 is 0 Å². The van der Waals surface area contributed by atoms with Gasteiger partial charge in [-0.1, -0.05) is 54.6 Å². The Labute approximate surface area is 172 Å².